The number of halogens is 4. The van der Waals surface area contributed by atoms with E-state index in [1.54, 1.807) is 25.1 Å². The molecule has 0 aliphatic heterocycles. The second-order valence-electron chi connectivity index (χ2n) is 7.51. The predicted molar refractivity (Wildman–Crippen MR) is 134 cm³/mol. The fourth-order valence-corrected chi connectivity index (χ4v) is 4.33. The number of hydrogen-bond donors (Lipinski definition) is 0. The lowest BCUT2D eigenvalue weighted by molar-refractivity contribution is -0.383. The van der Waals surface area contributed by atoms with Crippen LogP contribution in [0.15, 0.2) is 65.8 Å². The molecule has 0 aliphatic carbocycles. The van der Waals surface area contributed by atoms with E-state index in [1.807, 2.05) is 0 Å². The number of rotatable bonds is 9. The molecule has 1 atom stereocenters. The van der Waals surface area contributed by atoms with Gasteiger partial charge in [-0.15, -0.1) is 0 Å². The zero-order chi connectivity index (χ0) is 28.0. The number of carbonyl (C=O) groups excluding carboxylic acids is 1. The molecule has 0 aliphatic rings. The molecule has 3 aromatic rings. The Bertz CT molecular complexity index is 1420. The van der Waals surface area contributed by atoms with Crippen LogP contribution in [0.3, 0.4) is 0 Å². The van der Waals surface area contributed by atoms with Crippen LogP contribution in [0, 0.1) is 10.1 Å². The van der Waals surface area contributed by atoms with Crippen LogP contribution < -0.4 is 10.0 Å². The average molecular weight is 571 g/mol. The minimum Gasteiger partial charge on any atom is -0.464 e. The van der Waals surface area contributed by atoms with E-state index in [0.717, 1.165) is 31.4 Å². The third-order valence-corrected chi connectivity index (χ3v) is 6.49. The summed E-state index contributed by atoms with van der Waals surface area (Å²) in [4.78, 5) is 23.1. The fraction of sp³-hybridized carbons (Fsp3) is 0.167. The molecule has 0 saturated heterocycles. The number of esters is 1. The van der Waals surface area contributed by atoms with Gasteiger partial charge in [0, 0.05) is 23.3 Å². The number of methoxy groups -OCH3 is 1. The monoisotopic (exact) mass is 570 g/mol. The molecule has 0 radical (unpaired) electrons. The highest BCUT2D eigenvalue weighted by atomic mass is 35.5. The van der Waals surface area contributed by atoms with E-state index < -0.39 is 41.7 Å². The molecule has 0 heterocycles. The Morgan fingerprint density at radius 3 is 2.34 bits per heavy atom. The number of carbonyl (C=O) groups is 1. The molecule has 9 nitrogen and oxygen atoms in total. The molecule has 3 aromatic carbocycles. The van der Waals surface area contributed by atoms with Gasteiger partial charge in [-0.25, -0.2) is 4.79 Å². The number of nitrogens with zero attached hydrogens (tertiary/aromatic N) is 2. The van der Waals surface area contributed by atoms with E-state index in [1.165, 1.54) is 12.1 Å². The summed E-state index contributed by atoms with van der Waals surface area (Å²) < 4.78 is 67.3. The maximum absolute atomic E-state index is 13.0. The summed E-state index contributed by atoms with van der Waals surface area (Å²) in [5.74, 6) is -1.11. The summed E-state index contributed by atoms with van der Waals surface area (Å²) in [6.45, 7) is 1.66. The van der Waals surface area contributed by atoms with Crippen molar-refractivity contribution in [3.8, 4) is 11.5 Å². The van der Waals surface area contributed by atoms with E-state index in [0.29, 0.717) is 6.07 Å². The number of alkyl halides is 3. The lowest BCUT2D eigenvalue weighted by Gasteiger charge is -2.14. The van der Waals surface area contributed by atoms with Crippen molar-refractivity contribution in [2.24, 2.45) is 5.16 Å². The highest BCUT2D eigenvalue weighted by molar-refractivity contribution is 7.48. The Morgan fingerprint density at radius 2 is 1.79 bits per heavy atom. The summed E-state index contributed by atoms with van der Waals surface area (Å²) in [6, 6.07) is 12.6. The zero-order valence-electron chi connectivity index (χ0n) is 19.7. The Morgan fingerprint density at radius 1 is 1.11 bits per heavy atom. The molecular formula is C24H19ClF3N2O7P. The fourth-order valence-electron chi connectivity index (χ4n) is 3.21. The third kappa shape index (κ3) is 6.70. The van der Waals surface area contributed by atoms with Gasteiger partial charge in [0.05, 0.1) is 22.6 Å². The van der Waals surface area contributed by atoms with Crippen LogP contribution in [-0.4, -0.2) is 23.7 Å². The molecule has 0 bridgehead atoms. The molecule has 14 heteroatoms. The SMILES string of the molecule is CCc1cc([N+](=O)[O-])c([PH](=O)ON=C(C(=O)OC)c2ccccc2)cc1Oc1ccc(C(F)(F)F)cc1Cl. The molecule has 0 saturated carbocycles. The number of ether oxygens (including phenoxy) is 2. The molecule has 0 spiro atoms. The van der Waals surface area contributed by atoms with Crippen molar-refractivity contribution < 1.29 is 41.6 Å². The molecule has 1 unspecified atom stereocenters. The number of nitro benzene ring substituents is 1. The normalized spacial score (nSPS) is 12.5. The van der Waals surface area contributed by atoms with Gasteiger partial charge in [0.2, 0.25) is 0 Å². The highest BCUT2D eigenvalue weighted by Crippen LogP contribution is 2.39. The largest absolute Gasteiger partial charge is 0.464 e. The maximum Gasteiger partial charge on any atom is 0.416 e. The van der Waals surface area contributed by atoms with Gasteiger partial charge in [0.25, 0.3) is 13.7 Å². The molecule has 3 rings (SSSR count). The van der Waals surface area contributed by atoms with E-state index in [4.69, 9.17) is 21.0 Å². The number of nitro groups is 1. The minimum atomic E-state index is -4.63. The van der Waals surface area contributed by atoms with Crippen molar-refractivity contribution in [3.63, 3.8) is 0 Å². The third-order valence-electron chi connectivity index (χ3n) is 5.10. The molecule has 200 valence electrons. The lowest BCUT2D eigenvalue weighted by atomic mass is 10.1. The van der Waals surface area contributed by atoms with Crippen LogP contribution in [0.4, 0.5) is 18.9 Å². The molecule has 0 amide bonds. The summed E-state index contributed by atoms with van der Waals surface area (Å²) in [5, 5.41) is 14.6. The van der Waals surface area contributed by atoms with Gasteiger partial charge in [0.1, 0.15) is 16.8 Å². The van der Waals surface area contributed by atoms with Gasteiger partial charge in [-0.1, -0.05) is 54.0 Å². The molecule has 0 fully saturated rings. The van der Waals surface area contributed by atoms with Crippen molar-refractivity contribution in [3.05, 3.63) is 92.5 Å². The van der Waals surface area contributed by atoms with Crippen molar-refractivity contribution in [2.75, 3.05) is 7.11 Å². The van der Waals surface area contributed by atoms with Crippen molar-refractivity contribution in [1.82, 2.24) is 0 Å². The number of aryl methyl sites for hydroxylation is 1. The first kappa shape index (κ1) is 28.7. The summed E-state index contributed by atoms with van der Waals surface area (Å²) in [5.41, 5.74) is -1.32. The van der Waals surface area contributed by atoms with Crippen LogP contribution >= 0.6 is 19.6 Å². The van der Waals surface area contributed by atoms with Gasteiger partial charge in [-0.3, -0.25) is 14.7 Å². The highest BCUT2D eigenvalue weighted by Gasteiger charge is 2.31. The van der Waals surface area contributed by atoms with Crippen LogP contribution in [0.2, 0.25) is 5.02 Å². The van der Waals surface area contributed by atoms with Crippen molar-refractivity contribution in [1.29, 1.82) is 0 Å². The number of benzene rings is 3. The maximum atomic E-state index is 13.0. The Labute approximate surface area is 219 Å². The average Bonchev–Trinajstić information content (AvgIpc) is 2.89. The van der Waals surface area contributed by atoms with E-state index in [-0.39, 0.29) is 39.8 Å². The molecular weight excluding hydrogens is 552 g/mol. The summed E-state index contributed by atoms with van der Waals surface area (Å²) in [6.07, 6.45) is -4.41. The quantitative estimate of drug-likeness (QED) is 0.0972. The van der Waals surface area contributed by atoms with Crippen LogP contribution in [0.5, 0.6) is 11.5 Å². The van der Waals surface area contributed by atoms with Crippen molar-refractivity contribution in [2.45, 2.75) is 19.5 Å². The van der Waals surface area contributed by atoms with Gasteiger partial charge in [0.15, 0.2) is 5.71 Å². The smallest absolute Gasteiger partial charge is 0.416 e. The zero-order valence-corrected chi connectivity index (χ0v) is 21.5. The van der Waals surface area contributed by atoms with E-state index >= 15 is 0 Å². The molecule has 0 aromatic heterocycles. The Hall–Kier alpha value is -3.89. The van der Waals surface area contributed by atoms with Crippen LogP contribution in [0.25, 0.3) is 0 Å². The Kier molecular flexibility index (Phi) is 9.13. The summed E-state index contributed by atoms with van der Waals surface area (Å²) >= 11 is 5.98. The van der Waals surface area contributed by atoms with Gasteiger partial charge >= 0.3 is 12.1 Å². The van der Waals surface area contributed by atoms with E-state index in [9.17, 15) is 32.6 Å². The second kappa shape index (κ2) is 12.1. The van der Waals surface area contributed by atoms with Gasteiger partial charge in [-0.05, 0) is 24.6 Å². The van der Waals surface area contributed by atoms with Gasteiger partial charge < -0.3 is 14.1 Å². The van der Waals surface area contributed by atoms with Crippen LogP contribution in [-0.2, 0) is 31.3 Å². The number of hydrogen-bond acceptors (Lipinski definition) is 8. The lowest BCUT2D eigenvalue weighted by Crippen LogP contribution is -2.17. The minimum absolute atomic E-state index is 0.0445. The van der Waals surface area contributed by atoms with Gasteiger partial charge in [-0.2, -0.15) is 13.2 Å². The Balaban J connectivity index is 2.02. The standard InChI is InChI=1S/C24H19ClF3N2O7P/c1-3-14-11-18(30(32)33)21(13-20(14)36-19-10-9-16(12-17(19)25)24(26,27)28)38(34)37-29-22(23(31)35-2)15-7-5-4-6-8-15/h4-13,38H,3H2,1-2H3. The van der Waals surface area contributed by atoms with Crippen molar-refractivity contribution >= 4 is 42.3 Å². The first-order valence-corrected chi connectivity index (χ1v) is 12.4. The molecule has 38 heavy (non-hydrogen) atoms. The molecule has 0 N–H and O–H groups in total. The second-order valence-corrected chi connectivity index (χ2v) is 9.21. The first-order valence-electron chi connectivity index (χ1n) is 10.7. The first-order chi connectivity index (χ1) is 18.0. The van der Waals surface area contributed by atoms with E-state index in [2.05, 4.69) is 9.89 Å². The predicted octanol–water partition coefficient (Wildman–Crippen LogP) is 6.32. The van der Waals surface area contributed by atoms with Crippen LogP contribution in [0.1, 0.15) is 23.6 Å². The number of oxime groups is 1. The summed E-state index contributed by atoms with van der Waals surface area (Å²) in [7, 11) is -2.40. The topological polar surface area (TPSA) is 117 Å².